The zero-order valence-electron chi connectivity index (χ0n) is 13.2. The Hall–Kier alpha value is -2.64. The number of carbonyl (C=O) groups is 1. The maximum Gasteiger partial charge on any atom is 0.301 e. The number of fused-ring (bicyclic) bond motifs is 1. The number of rotatable bonds is 4. The smallest absolute Gasteiger partial charge is 0.301 e. The van der Waals surface area contributed by atoms with Crippen LogP contribution in [0, 0.1) is 13.8 Å². The van der Waals surface area contributed by atoms with Gasteiger partial charge >= 0.3 is 5.91 Å². The van der Waals surface area contributed by atoms with Gasteiger partial charge < -0.3 is 4.42 Å². The van der Waals surface area contributed by atoms with Gasteiger partial charge in [-0.15, -0.1) is 4.83 Å². The predicted octanol–water partition coefficient (Wildman–Crippen LogP) is 2.67. The minimum atomic E-state index is -3.85. The molecule has 0 radical (unpaired) electrons. The Kier molecular flexibility index (Phi) is 4.13. The van der Waals surface area contributed by atoms with E-state index in [0.717, 1.165) is 16.5 Å². The van der Waals surface area contributed by atoms with Crippen LogP contribution in [0.5, 0.6) is 0 Å². The van der Waals surface area contributed by atoms with E-state index in [0.29, 0.717) is 5.58 Å². The minimum Gasteiger partial charge on any atom is -0.451 e. The van der Waals surface area contributed by atoms with Gasteiger partial charge in [-0.2, -0.15) is 0 Å². The van der Waals surface area contributed by atoms with Crippen LogP contribution in [0.4, 0.5) is 0 Å². The highest BCUT2D eigenvalue weighted by Crippen LogP contribution is 2.20. The molecule has 0 aliphatic heterocycles. The molecule has 7 heteroatoms. The van der Waals surface area contributed by atoms with Crippen LogP contribution >= 0.6 is 0 Å². The number of furan rings is 1. The van der Waals surface area contributed by atoms with Crippen LogP contribution in [-0.4, -0.2) is 14.3 Å². The second kappa shape index (κ2) is 6.10. The molecule has 24 heavy (non-hydrogen) atoms. The first-order valence-electron chi connectivity index (χ1n) is 7.24. The number of amides is 1. The molecule has 0 fully saturated rings. The molecule has 1 heterocycles. The SMILES string of the molecule is Cc1cccc(S(=O)(=O)NNC(=O)c2cc3cc(C)ccc3o2)c1. The van der Waals surface area contributed by atoms with Gasteiger partial charge in [0.05, 0.1) is 4.90 Å². The summed E-state index contributed by atoms with van der Waals surface area (Å²) in [4.78, 5) is 14.3. The molecule has 0 atom stereocenters. The van der Waals surface area contributed by atoms with Gasteiger partial charge in [0.25, 0.3) is 10.0 Å². The number of nitrogens with one attached hydrogen (secondary N) is 2. The Morgan fingerprint density at radius 1 is 1.00 bits per heavy atom. The lowest BCUT2D eigenvalue weighted by molar-refractivity contribution is 0.0919. The fourth-order valence-corrected chi connectivity index (χ4v) is 3.23. The molecule has 0 aliphatic rings. The average Bonchev–Trinajstić information content (AvgIpc) is 2.96. The van der Waals surface area contributed by atoms with Gasteiger partial charge in [-0.25, -0.2) is 8.42 Å². The molecule has 0 aliphatic carbocycles. The quantitative estimate of drug-likeness (QED) is 0.712. The van der Waals surface area contributed by atoms with Crippen LogP contribution < -0.4 is 10.3 Å². The van der Waals surface area contributed by atoms with E-state index in [1.807, 2.05) is 19.1 Å². The first-order chi connectivity index (χ1) is 11.3. The van der Waals surface area contributed by atoms with E-state index in [4.69, 9.17) is 4.42 Å². The second-order valence-electron chi connectivity index (χ2n) is 5.53. The Bertz CT molecular complexity index is 1020. The maximum atomic E-state index is 12.2. The van der Waals surface area contributed by atoms with E-state index in [-0.39, 0.29) is 10.7 Å². The normalized spacial score (nSPS) is 11.6. The summed E-state index contributed by atoms with van der Waals surface area (Å²) in [6.45, 7) is 3.72. The number of hydrogen-bond acceptors (Lipinski definition) is 4. The van der Waals surface area contributed by atoms with Crippen molar-refractivity contribution in [3.8, 4) is 0 Å². The second-order valence-corrected chi connectivity index (χ2v) is 7.21. The molecule has 124 valence electrons. The van der Waals surface area contributed by atoms with Crippen LogP contribution in [-0.2, 0) is 10.0 Å². The van der Waals surface area contributed by atoms with Crippen molar-refractivity contribution < 1.29 is 17.6 Å². The van der Waals surface area contributed by atoms with Gasteiger partial charge in [0, 0.05) is 5.39 Å². The van der Waals surface area contributed by atoms with E-state index in [1.165, 1.54) is 12.1 Å². The number of benzene rings is 2. The lowest BCUT2D eigenvalue weighted by Crippen LogP contribution is -2.41. The van der Waals surface area contributed by atoms with Gasteiger partial charge in [-0.1, -0.05) is 23.8 Å². The minimum absolute atomic E-state index is 0.0301. The van der Waals surface area contributed by atoms with Crippen molar-refractivity contribution in [2.45, 2.75) is 18.7 Å². The number of carbonyl (C=O) groups excluding carboxylic acids is 1. The lowest BCUT2D eigenvalue weighted by atomic mass is 10.2. The molecule has 1 amide bonds. The summed E-state index contributed by atoms with van der Waals surface area (Å²) in [5.41, 5.74) is 4.56. The van der Waals surface area contributed by atoms with Gasteiger partial charge in [-0.3, -0.25) is 10.2 Å². The zero-order chi connectivity index (χ0) is 17.3. The molecule has 3 aromatic rings. The fourth-order valence-electron chi connectivity index (χ4n) is 2.29. The summed E-state index contributed by atoms with van der Waals surface area (Å²) in [5, 5.41) is 0.779. The number of hydrogen-bond donors (Lipinski definition) is 2. The van der Waals surface area contributed by atoms with E-state index < -0.39 is 15.9 Å². The number of hydrazine groups is 1. The zero-order valence-corrected chi connectivity index (χ0v) is 14.0. The summed E-state index contributed by atoms with van der Waals surface area (Å²) >= 11 is 0. The van der Waals surface area contributed by atoms with Crippen LogP contribution in [0.25, 0.3) is 11.0 Å². The molecule has 2 N–H and O–H groups in total. The third-order valence-corrected chi connectivity index (χ3v) is 4.74. The average molecular weight is 344 g/mol. The Balaban J connectivity index is 1.76. The Labute approximate surface area is 139 Å². The molecular formula is C17H16N2O4S. The van der Waals surface area contributed by atoms with Crippen LogP contribution in [0.15, 0.2) is 57.8 Å². The highest BCUT2D eigenvalue weighted by molar-refractivity contribution is 7.89. The first-order valence-corrected chi connectivity index (χ1v) is 8.72. The highest BCUT2D eigenvalue weighted by Gasteiger charge is 2.18. The van der Waals surface area contributed by atoms with Crippen molar-refractivity contribution >= 4 is 26.9 Å². The Morgan fingerprint density at radius 2 is 1.75 bits per heavy atom. The molecular weight excluding hydrogens is 328 g/mol. The first kappa shape index (κ1) is 16.2. The van der Waals surface area contributed by atoms with Crippen LogP contribution in [0.1, 0.15) is 21.7 Å². The van der Waals surface area contributed by atoms with E-state index in [9.17, 15) is 13.2 Å². The molecule has 0 saturated heterocycles. The summed E-state index contributed by atoms with van der Waals surface area (Å²) in [6, 6.07) is 13.5. The molecule has 0 spiro atoms. The standard InChI is InChI=1S/C17H16N2O4S/c1-11-4-3-5-14(9-11)24(21,22)19-18-17(20)16-10-13-8-12(2)6-7-15(13)23-16/h3-10,19H,1-2H3,(H,18,20). The summed E-state index contributed by atoms with van der Waals surface area (Å²) in [5.74, 6) is -0.636. The van der Waals surface area contributed by atoms with E-state index in [1.54, 1.807) is 31.2 Å². The van der Waals surface area contributed by atoms with Crippen LogP contribution in [0.3, 0.4) is 0 Å². The van der Waals surface area contributed by atoms with E-state index in [2.05, 4.69) is 10.3 Å². The van der Waals surface area contributed by atoms with Crippen molar-refractivity contribution in [2.75, 3.05) is 0 Å². The summed E-state index contributed by atoms with van der Waals surface area (Å²) in [7, 11) is -3.85. The summed E-state index contributed by atoms with van der Waals surface area (Å²) in [6.07, 6.45) is 0. The van der Waals surface area contributed by atoms with Gasteiger partial charge in [0.2, 0.25) is 0 Å². The van der Waals surface area contributed by atoms with Crippen LogP contribution in [0.2, 0.25) is 0 Å². The van der Waals surface area contributed by atoms with Crippen molar-refractivity contribution in [1.82, 2.24) is 10.3 Å². The predicted molar refractivity (Wildman–Crippen MR) is 89.9 cm³/mol. The molecule has 0 saturated carbocycles. The monoisotopic (exact) mass is 344 g/mol. The molecule has 3 rings (SSSR count). The third kappa shape index (κ3) is 3.32. The molecule has 2 aromatic carbocycles. The van der Waals surface area contributed by atoms with Crippen molar-refractivity contribution in [1.29, 1.82) is 0 Å². The lowest BCUT2D eigenvalue weighted by Gasteiger charge is -2.07. The molecule has 6 nitrogen and oxygen atoms in total. The van der Waals surface area contributed by atoms with E-state index >= 15 is 0 Å². The van der Waals surface area contributed by atoms with Crippen molar-refractivity contribution in [3.05, 3.63) is 65.4 Å². The molecule has 0 unspecified atom stereocenters. The largest absolute Gasteiger partial charge is 0.451 e. The highest BCUT2D eigenvalue weighted by atomic mass is 32.2. The number of sulfonamides is 1. The third-order valence-electron chi connectivity index (χ3n) is 3.49. The fraction of sp³-hybridized carbons (Fsp3) is 0.118. The molecule has 0 bridgehead atoms. The van der Waals surface area contributed by atoms with Gasteiger partial charge in [-0.05, 0) is 49.7 Å². The van der Waals surface area contributed by atoms with Crippen molar-refractivity contribution in [2.24, 2.45) is 0 Å². The van der Waals surface area contributed by atoms with Crippen molar-refractivity contribution in [3.63, 3.8) is 0 Å². The topological polar surface area (TPSA) is 88.4 Å². The summed E-state index contributed by atoms with van der Waals surface area (Å²) < 4.78 is 29.8. The molecule has 1 aromatic heterocycles. The number of aryl methyl sites for hydroxylation is 2. The van der Waals surface area contributed by atoms with Gasteiger partial charge in [0.15, 0.2) is 5.76 Å². The Morgan fingerprint density at radius 3 is 2.50 bits per heavy atom. The van der Waals surface area contributed by atoms with Gasteiger partial charge in [0.1, 0.15) is 5.58 Å². The maximum absolute atomic E-state index is 12.2.